The van der Waals surface area contributed by atoms with Crippen LogP contribution in [0.3, 0.4) is 0 Å². The van der Waals surface area contributed by atoms with E-state index in [0.29, 0.717) is 85.6 Å². The van der Waals surface area contributed by atoms with Crippen LogP contribution in [-0.4, -0.2) is 142 Å². The Labute approximate surface area is 477 Å². The molecule has 1 aliphatic carbocycles. The van der Waals surface area contributed by atoms with Gasteiger partial charge in [0.15, 0.2) is 5.78 Å². The van der Waals surface area contributed by atoms with E-state index in [0.717, 1.165) is 59.3 Å². The number of fused-ring (bicyclic) bond motifs is 2. The van der Waals surface area contributed by atoms with Gasteiger partial charge in [0.25, 0.3) is 5.91 Å². The van der Waals surface area contributed by atoms with E-state index in [2.05, 4.69) is 51.6 Å². The van der Waals surface area contributed by atoms with Crippen molar-refractivity contribution in [2.24, 2.45) is 16.7 Å². The van der Waals surface area contributed by atoms with Gasteiger partial charge in [-0.15, -0.1) is 0 Å². The van der Waals surface area contributed by atoms with Gasteiger partial charge in [0.05, 0.1) is 42.9 Å². The molecule has 3 aliphatic rings. The summed E-state index contributed by atoms with van der Waals surface area (Å²) in [6.07, 6.45) is -6.61. The number of carbonyl (C=O) groups excluding carboxylic acids is 5. The number of methoxy groups -OCH3 is 2. The lowest BCUT2D eigenvalue weighted by Crippen LogP contribution is -2.62. The van der Waals surface area contributed by atoms with Crippen LogP contribution in [0.1, 0.15) is 102 Å². The van der Waals surface area contributed by atoms with E-state index in [1.165, 1.54) is 31.4 Å². The number of hydrazine groups is 1. The molecule has 2 unspecified atom stereocenters. The Morgan fingerprint density at radius 1 is 0.762 bits per heavy atom. The minimum absolute atomic E-state index is 0.199. The van der Waals surface area contributed by atoms with Crippen LogP contribution < -0.4 is 21.0 Å². The molecule has 28 heteroatoms. The van der Waals surface area contributed by atoms with Crippen molar-refractivity contribution in [3.8, 4) is 23.1 Å². The SMILES string of the molecule is COC(=O)N[C@H](C(=O)C[C@@H](Cc1ccc(C#Cc2cnc(N3CC4CCC(C3)N4C3CCC3)nc2)cc1)[C@H](CN(Cc1c(F)cc(-c2ccn(C(F)F)n2)cc1F)NC(=O)[C@@H](NC(=O)OC)C(C)(C)C(F)(F)F)OC(C)=O)C(C)(C)C(F)(F)F. The highest BCUT2D eigenvalue weighted by Crippen LogP contribution is 2.43. The molecule has 2 aromatic heterocycles. The van der Waals surface area contributed by atoms with Crippen molar-refractivity contribution in [1.29, 1.82) is 0 Å². The first kappa shape index (κ1) is 64.0. The molecule has 2 aromatic carbocycles. The number of anilines is 1. The second kappa shape index (κ2) is 26.2. The Balaban J connectivity index is 1.23. The molecule has 1 saturated carbocycles. The van der Waals surface area contributed by atoms with E-state index in [9.17, 15) is 59.1 Å². The third-order valence-corrected chi connectivity index (χ3v) is 15.7. The average Bonchev–Trinajstić information content (AvgIpc) is 2.35. The summed E-state index contributed by atoms with van der Waals surface area (Å²) in [6, 6.07) is 5.08. The van der Waals surface area contributed by atoms with E-state index in [1.807, 2.05) is 5.32 Å². The van der Waals surface area contributed by atoms with Crippen LogP contribution >= 0.6 is 0 Å². The summed E-state index contributed by atoms with van der Waals surface area (Å²) >= 11 is 0. The van der Waals surface area contributed by atoms with Gasteiger partial charge in [0.1, 0.15) is 29.8 Å². The molecule has 6 atom stereocenters. The van der Waals surface area contributed by atoms with Gasteiger partial charge in [-0.05, 0) is 95.7 Å². The molecule has 7 rings (SSSR count). The molecule has 2 bridgehead atoms. The summed E-state index contributed by atoms with van der Waals surface area (Å²) in [7, 11) is 1.62. The summed E-state index contributed by atoms with van der Waals surface area (Å²) in [5, 5.41) is 7.90. The van der Waals surface area contributed by atoms with Crippen LogP contribution in [0.4, 0.5) is 59.4 Å². The normalized spacial score (nSPS) is 18.2. The number of halogens is 10. The van der Waals surface area contributed by atoms with E-state index in [-0.39, 0.29) is 15.9 Å². The third kappa shape index (κ3) is 15.0. The Morgan fingerprint density at radius 2 is 1.31 bits per heavy atom. The fourth-order valence-electron chi connectivity index (χ4n) is 10.5. The zero-order valence-corrected chi connectivity index (χ0v) is 46.8. The van der Waals surface area contributed by atoms with Gasteiger partial charge in [-0.3, -0.25) is 24.7 Å². The molecule has 0 spiro atoms. The largest absolute Gasteiger partial charge is 0.461 e. The highest BCUT2D eigenvalue weighted by atomic mass is 19.4. The number of aromatic nitrogens is 4. The molecule has 456 valence electrons. The Hall–Kier alpha value is -7.54. The number of ether oxygens (including phenoxy) is 3. The number of Topliss-reactive ketones (excluding diaryl/α,β-unsaturated/α-hetero) is 1. The molecule has 3 fully saturated rings. The number of benzene rings is 2. The highest BCUT2D eigenvalue weighted by molar-refractivity contribution is 5.89. The maximum atomic E-state index is 16.2. The number of amides is 3. The van der Waals surface area contributed by atoms with E-state index >= 15 is 8.78 Å². The van der Waals surface area contributed by atoms with Crippen molar-refractivity contribution in [3.63, 3.8) is 0 Å². The second-order valence-corrected chi connectivity index (χ2v) is 22.1. The van der Waals surface area contributed by atoms with E-state index < -0.39 is 127 Å². The topological polar surface area (TPSA) is 202 Å². The standard InChI is InChI=1S/C56H64F10N10O8/c1-31(77)84-45(30-74(72-48(79)47(70-52(81)83-7)54(4,5)56(64,65)66)29-40-41(57)22-35(23-42(40)58)43-19-20-75(71-43)49(59)60)36(24-44(78)46(69-51(80)82-6)53(2,3)55(61,62)63)21-33-14-11-32(12-15-33)13-16-34-25-67-50(68-26-34)73-27-38-17-18-39(28-73)76(38)37-9-8-10-37/h11-12,14-15,19-20,22-23,25-26,36-39,45-47,49H,8-10,17-18,21,24,27-30H2,1-7H3,(H,69,80)(H,70,81)(H,72,79)/t36-,38?,39?,45+,46-,47-/m1/s1. The molecule has 4 aromatic rings. The maximum Gasteiger partial charge on any atom is 0.407 e. The van der Waals surface area contributed by atoms with Crippen LogP contribution in [0.5, 0.6) is 0 Å². The lowest BCUT2D eigenvalue weighted by atomic mass is 9.77. The zero-order valence-electron chi connectivity index (χ0n) is 46.8. The van der Waals surface area contributed by atoms with Gasteiger partial charge in [0.2, 0.25) is 5.95 Å². The first-order valence-electron chi connectivity index (χ1n) is 26.7. The molecule has 3 N–H and O–H groups in total. The molecule has 4 heterocycles. The summed E-state index contributed by atoms with van der Waals surface area (Å²) in [6.45, 7) is -0.448. The van der Waals surface area contributed by atoms with Gasteiger partial charge in [0, 0.05) is 92.3 Å². The highest BCUT2D eigenvalue weighted by Gasteiger charge is 2.57. The molecular weight excluding hydrogens is 1130 g/mol. The molecule has 2 saturated heterocycles. The number of piperazine rings is 1. The fraction of sp³-hybridized carbons (Fsp3) is 0.536. The molecule has 0 radical (unpaired) electrons. The number of nitrogens with one attached hydrogen (secondary N) is 3. The first-order valence-corrected chi connectivity index (χ1v) is 26.7. The summed E-state index contributed by atoms with van der Waals surface area (Å²) in [5.74, 6) is -1.90. The fourth-order valence-corrected chi connectivity index (χ4v) is 10.5. The third-order valence-electron chi connectivity index (χ3n) is 15.7. The number of nitrogens with zero attached hydrogens (tertiary/aromatic N) is 7. The number of alkyl halides is 8. The Kier molecular flexibility index (Phi) is 19.9. The lowest BCUT2D eigenvalue weighted by molar-refractivity contribution is -0.221. The van der Waals surface area contributed by atoms with Crippen LogP contribution in [0.25, 0.3) is 11.3 Å². The maximum absolute atomic E-state index is 16.2. The van der Waals surface area contributed by atoms with Crippen molar-refractivity contribution in [1.82, 2.24) is 45.7 Å². The smallest absolute Gasteiger partial charge is 0.407 e. The zero-order chi connectivity index (χ0) is 61.6. The quantitative estimate of drug-likeness (QED) is 0.0235. The van der Waals surface area contributed by atoms with Crippen LogP contribution in [0.2, 0.25) is 0 Å². The summed E-state index contributed by atoms with van der Waals surface area (Å²) in [5.41, 5.74) is -4.42. The Bertz CT molecular complexity index is 3040. The van der Waals surface area contributed by atoms with Gasteiger partial charge in [-0.1, -0.05) is 30.4 Å². The molecule has 18 nitrogen and oxygen atoms in total. The second-order valence-electron chi connectivity index (χ2n) is 22.1. The predicted molar refractivity (Wildman–Crippen MR) is 281 cm³/mol. The van der Waals surface area contributed by atoms with Crippen LogP contribution in [0, 0.1) is 40.2 Å². The molecule has 84 heavy (non-hydrogen) atoms. The van der Waals surface area contributed by atoms with Crippen molar-refractivity contribution in [3.05, 3.63) is 94.9 Å². The Morgan fingerprint density at radius 3 is 1.81 bits per heavy atom. The minimum atomic E-state index is -5.25. The van der Waals surface area contributed by atoms with Crippen molar-refractivity contribution in [2.75, 3.05) is 38.8 Å². The summed E-state index contributed by atoms with van der Waals surface area (Å²) < 4.78 is 162. The van der Waals surface area contributed by atoms with Gasteiger partial charge in [-0.2, -0.15) is 40.2 Å². The molecular formula is C56H64F10N10O8. The van der Waals surface area contributed by atoms with Crippen molar-refractivity contribution in [2.45, 2.75) is 141 Å². The number of hydrogen-bond donors (Lipinski definition) is 3. The number of rotatable bonds is 21. The van der Waals surface area contributed by atoms with Crippen LogP contribution in [0.15, 0.2) is 61.1 Å². The van der Waals surface area contributed by atoms with Gasteiger partial charge < -0.3 is 29.7 Å². The lowest BCUT2D eigenvalue weighted by Gasteiger charge is -2.48. The van der Waals surface area contributed by atoms with Crippen molar-refractivity contribution < 1.29 is 82.1 Å². The van der Waals surface area contributed by atoms with Gasteiger partial charge >= 0.3 is 37.1 Å². The number of ketones is 1. The predicted octanol–water partition coefficient (Wildman–Crippen LogP) is 8.83. The molecule has 2 aliphatic heterocycles. The monoisotopic (exact) mass is 1190 g/mol. The minimum Gasteiger partial charge on any atom is -0.461 e. The summed E-state index contributed by atoms with van der Waals surface area (Å²) in [4.78, 5) is 80.9. The first-order chi connectivity index (χ1) is 39.4. The molecule has 3 amide bonds. The van der Waals surface area contributed by atoms with Crippen molar-refractivity contribution >= 4 is 35.8 Å². The number of alkyl carbamates (subject to hydrolysis) is 2. The van der Waals surface area contributed by atoms with Crippen LogP contribution in [-0.2, 0) is 41.6 Å². The number of hydrogen-bond acceptors (Lipinski definition) is 14. The average molecular weight is 1200 g/mol. The van der Waals surface area contributed by atoms with E-state index in [4.69, 9.17) is 4.74 Å². The van der Waals surface area contributed by atoms with Gasteiger partial charge in [-0.25, -0.2) is 38.0 Å². The number of carbonyl (C=O) groups is 5. The van der Waals surface area contributed by atoms with E-state index in [1.54, 1.807) is 29.8 Å². The number of esters is 1.